The van der Waals surface area contributed by atoms with Gasteiger partial charge in [0.15, 0.2) is 0 Å². The van der Waals surface area contributed by atoms with Crippen molar-refractivity contribution in [3.8, 4) is 5.75 Å². The summed E-state index contributed by atoms with van der Waals surface area (Å²) >= 11 is 7.23. The number of benzene rings is 2. The lowest BCUT2D eigenvalue weighted by molar-refractivity contribution is -0.198. The van der Waals surface area contributed by atoms with Gasteiger partial charge in [-0.2, -0.15) is 8.42 Å². The average Bonchev–Trinajstić information content (AvgIpc) is 3.55. The number of hydrogen-bond acceptors (Lipinski definition) is 9. The van der Waals surface area contributed by atoms with E-state index in [1.165, 1.54) is 0 Å². The van der Waals surface area contributed by atoms with E-state index in [9.17, 15) is 14.4 Å². The largest absolute Gasteiger partial charge is 0.491 e. The number of thioether (sulfide) groups is 1. The fourth-order valence-corrected chi connectivity index (χ4v) is 5.39. The lowest BCUT2D eigenvalue weighted by Crippen LogP contribution is -2.28. The van der Waals surface area contributed by atoms with Crippen molar-refractivity contribution in [2.45, 2.75) is 63.1 Å². The zero-order valence-corrected chi connectivity index (χ0v) is 24.6. The van der Waals surface area contributed by atoms with Crippen LogP contribution in [0.3, 0.4) is 0 Å². The smallest absolute Gasteiger partial charge is 0.394 e. The van der Waals surface area contributed by atoms with Gasteiger partial charge >= 0.3 is 16.4 Å². The molecule has 2 fully saturated rings. The van der Waals surface area contributed by atoms with Gasteiger partial charge in [0.25, 0.3) is 5.24 Å². The predicted molar refractivity (Wildman–Crippen MR) is 152 cm³/mol. The summed E-state index contributed by atoms with van der Waals surface area (Å²) in [5, 5.41) is 2.16. The van der Waals surface area contributed by atoms with Crippen LogP contribution in [0, 0.1) is 5.92 Å². The number of esters is 1. The summed E-state index contributed by atoms with van der Waals surface area (Å²) in [5.74, 6) is 0.126. The summed E-state index contributed by atoms with van der Waals surface area (Å²) in [4.78, 5) is 35.8. The van der Waals surface area contributed by atoms with Crippen molar-refractivity contribution in [2.75, 3.05) is 6.61 Å². The lowest BCUT2D eigenvalue weighted by Gasteiger charge is -2.25. The Morgan fingerprint density at radius 1 is 1.12 bits per heavy atom. The molecule has 1 saturated heterocycles. The Morgan fingerprint density at radius 2 is 1.78 bits per heavy atom. The maximum Gasteiger partial charge on any atom is 0.394 e. The molecule has 14 heteroatoms. The minimum Gasteiger partial charge on any atom is -0.491 e. The molecule has 4 rings (SSSR count). The Kier molecular flexibility index (Phi) is 12.4. The number of rotatable bonds is 11. The molecule has 0 radical (unpaired) electrons. The number of carbonyl (C=O) groups is 3. The van der Waals surface area contributed by atoms with E-state index in [4.69, 9.17) is 43.3 Å². The molecule has 1 saturated carbocycles. The van der Waals surface area contributed by atoms with Gasteiger partial charge in [0.2, 0.25) is 12.2 Å². The monoisotopic (exact) mass is 629 g/mol. The van der Waals surface area contributed by atoms with Gasteiger partial charge in [0.05, 0.1) is 11.2 Å². The number of halogens is 1. The molecule has 0 bridgehead atoms. The van der Waals surface area contributed by atoms with Crippen molar-refractivity contribution in [2.24, 2.45) is 5.92 Å². The van der Waals surface area contributed by atoms with Crippen molar-refractivity contribution in [1.82, 2.24) is 5.32 Å². The molecule has 224 valence electrons. The van der Waals surface area contributed by atoms with Gasteiger partial charge in [-0.15, -0.1) is 0 Å². The van der Waals surface area contributed by atoms with Crippen molar-refractivity contribution in [3.05, 3.63) is 64.7 Å². The zero-order valence-electron chi connectivity index (χ0n) is 22.2. The molecule has 3 unspecified atom stereocenters. The van der Waals surface area contributed by atoms with Gasteiger partial charge < -0.3 is 14.2 Å². The molecule has 1 aliphatic heterocycles. The quantitative estimate of drug-likeness (QED) is 0.170. The Labute approximate surface area is 247 Å². The Balaban J connectivity index is 0.000000850. The summed E-state index contributed by atoms with van der Waals surface area (Å²) in [6.45, 7) is 2.10. The van der Waals surface area contributed by atoms with Crippen LogP contribution in [0.4, 0.5) is 4.79 Å². The van der Waals surface area contributed by atoms with Crippen LogP contribution >= 0.6 is 23.4 Å². The summed E-state index contributed by atoms with van der Waals surface area (Å²) in [5.41, 5.74) is 1.75. The van der Waals surface area contributed by atoms with Gasteiger partial charge in [0.1, 0.15) is 18.5 Å². The highest BCUT2D eigenvalue weighted by molar-refractivity contribution is 8.15. The molecule has 2 aromatic rings. The minimum absolute atomic E-state index is 0.0473. The van der Waals surface area contributed by atoms with Crippen LogP contribution in [-0.4, -0.2) is 52.8 Å². The van der Waals surface area contributed by atoms with Crippen LogP contribution in [-0.2, 0) is 35.9 Å². The molecular formula is C27H32ClNO10S2. The molecule has 2 amide bonds. The number of ether oxygens (including phenoxy) is 3. The minimum atomic E-state index is -4.67. The number of imide groups is 1. The molecule has 11 nitrogen and oxygen atoms in total. The number of carbonyl (C=O) groups excluding carboxylic acids is 3. The molecule has 1 heterocycles. The van der Waals surface area contributed by atoms with Gasteiger partial charge in [-0.25, -0.2) is 0 Å². The summed E-state index contributed by atoms with van der Waals surface area (Å²) < 4.78 is 49.5. The molecule has 2 aromatic carbocycles. The summed E-state index contributed by atoms with van der Waals surface area (Å²) in [7, 11) is -4.67. The van der Waals surface area contributed by atoms with E-state index in [0.29, 0.717) is 23.6 Å². The van der Waals surface area contributed by atoms with Gasteiger partial charge in [-0.05, 0) is 54.7 Å². The third kappa shape index (κ3) is 11.6. The van der Waals surface area contributed by atoms with E-state index in [0.717, 1.165) is 48.6 Å². The van der Waals surface area contributed by atoms with Crippen LogP contribution in [0.25, 0.3) is 0 Å². The zero-order chi connectivity index (χ0) is 30.0. The highest BCUT2D eigenvalue weighted by Gasteiger charge is 2.31. The second-order valence-corrected chi connectivity index (χ2v) is 11.9. The van der Waals surface area contributed by atoms with E-state index in [1.54, 1.807) is 6.07 Å². The van der Waals surface area contributed by atoms with E-state index < -0.39 is 28.0 Å². The second-order valence-electron chi connectivity index (χ2n) is 9.43. The van der Waals surface area contributed by atoms with Crippen LogP contribution in [0.15, 0.2) is 48.5 Å². The van der Waals surface area contributed by atoms with Crippen LogP contribution < -0.4 is 10.1 Å². The van der Waals surface area contributed by atoms with Crippen molar-refractivity contribution < 1.29 is 46.1 Å². The maximum atomic E-state index is 12.6. The van der Waals surface area contributed by atoms with E-state index in [-0.39, 0.29) is 29.6 Å². The molecule has 1 aliphatic carbocycles. The standard InChI is InChI=1S/C27H30ClNO6S.H2O4S/c1-2-24(35-26(31)18-6-3-4-7-18)34-22(19-8-5-9-20(28)15-19)16-33-21-12-10-17(11-13-21)14-23-25(30)29-27(32)36-23;1-5(2,3)4/h5,8-13,15,18,22-24H,2-4,6-7,14,16H2,1H3,(H,29,30,32);(H2,1,2,3,4). The van der Waals surface area contributed by atoms with Gasteiger partial charge in [-0.1, -0.05) is 67.4 Å². The number of hydrogen-bond donors (Lipinski definition) is 3. The Bertz CT molecular complexity index is 1290. The molecule has 41 heavy (non-hydrogen) atoms. The fourth-order valence-electron chi connectivity index (χ4n) is 4.33. The first-order valence-electron chi connectivity index (χ1n) is 13.0. The maximum absolute atomic E-state index is 12.6. The lowest BCUT2D eigenvalue weighted by atomic mass is 10.1. The van der Waals surface area contributed by atoms with Crippen molar-refractivity contribution in [3.63, 3.8) is 0 Å². The van der Waals surface area contributed by atoms with E-state index >= 15 is 0 Å². The van der Waals surface area contributed by atoms with E-state index in [2.05, 4.69) is 5.32 Å². The van der Waals surface area contributed by atoms with Crippen molar-refractivity contribution >= 4 is 50.9 Å². The predicted octanol–water partition coefficient (Wildman–Crippen LogP) is 5.19. The molecular weight excluding hydrogens is 598 g/mol. The third-order valence-corrected chi connectivity index (χ3v) is 7.54. The van der Waals surface area contributed by atoms with Crippen molar-refractivity contribution in [1.29, 1.82) is 0 Å². The fraction of sp³-hybridized carbons (Fsp3) is 0.444. The summed E-state index contributed by atoms with van der Waals surface area (Å²) in [6.07, 6.45) is 3.62. The molecule has 2 aliphatic rings. The third-order valence-electron chi connectivity index (χ3n) is 6.32. The summed E-state index contributed by atoms with van der Waals surface area (Å²) in [6, 6.07) is 14.7. The van der Waals surface area contributed by atoms with Gasteiger partial charge in [0, 0.05) is 11.4 Å². The van der Waals surface area contributed by atoms with Crippen LogP contribution in [0.1, 0.15) is 56.3 Å². The molecule has 3 atom stereocenters. The molecule has 0 aromatic heterocycles. The van der Waals surface area contributed by atoms with Crippen LogP contribution in [0.5, 0.6) is 5.75 Å². The topological polar surface area (TPSA) is 166 Å². The average molecular weight is 630 g/mol. The second kappa shape index (κ2) is 15.5. The number of nitrogens with one attached hydrogen (secondary N) is 1. The normalized spacial score (nSPS) is 18.7. The number of amides is 2. The SMILES string of the molecule is CCC(OC(=O)C1CCCC1)OC(COc1ccc(CC2SC(=O)NC2=O)cc1)c1cccc(Cl)c1.O=S(=O)(O)O. The first kappa shape index (κ1) is 32.8. The highest BCUT2D eigenvalue weighted by Crippen LogP contribution is 2.29. The van der Waals surface area contributed by atoms with Crippen LogP contribution in [0.2, 0.25) is 5.02 Å². The highest BCUT2D eigenvalue weighted by atomic mass is 35.5. The Morgan fingerprint density at radius 3 is 2.34 bits per heavy atom. The first-order valence-corrected chi connectivity index (χ1v) is 15.6. The molecule has 0 spiro atoms. The molecule has 3 N–H and O–H groups in total. The first-order chi connectivity index (χ1) is 19.4. The Hall–Kier alpha value is -2.68. The van der Waals surface area contributed by atoms with Gasteiger partial charge in [-0.3, -0.25) is 28.8 Å². The van der Waals surface area contributed by atoms with E-state index in [1.807, 2.05) is 49.4 Å².